The molecule has 0 amide bonds. The van der Waals surface area contributed by atoms with Crippen LogP contribution in [-0.4, -0.2) is 36.4 Å². The molecule has 0 radical (unpaired) electrons. The molecule has 0 fully saturated rings. The summed E-state index contributed by atoms with van der Waals surface area (Å²) >= 11 is 0. The van der Waals surface area contributed by atoms with E-state index in [4.69, 9.17) is 9.47 Å². The molecule has 0 spiro atoms. The minimum atomic E-state index is -0.768. The third kappa shape index (κ3) is 55.2. The average molecular weight is 932 g/mol. The van der Waals surface area contributed by atoms with Crippen molar-refractivity contribution in [3.05, 3.63) is 12.2 Å². The Hall–Kier alpha value is -1.36. The third-order valence-corrected chi connectivity index (χ3v) is 14.1. The van der Waals surface area contributed by atoms with Gasteiger partial charge in [-0.15, -0.1) is 0 Å². The number of aliphatic hydroxyl groups excluding tert-OH is 1. The van der Waals surface area contributed by atoms with Gasteiger partial charge in [0, 0.05) is 12.8 Å². The van der Waals surface area contributed by atoms with Gasteiger partial charge in [-0.3, -0.25) is 9.59 Å². The highest BCUT2D eigenvalue weighted by Crippen LogP contribution is 2.18. The molecule has 1 atom stereocenters. The van der Waals surface area contributed by atoms with E-state index in [9.17, 15) is 14.7 Å². The fourth-order valence-electron chi connectivity index (χ4n) is 9.50. The van der Waals surface area contributed by atoms with E-state index in [2.05, 4.69) is 26.0 Å². The summed E-state index contributed by atoms with van der Waals surface area (Å²) in [5.74, 6) is -0.568. The van der Waals surface area contributed by atoms with Crippen molar-refractivity contribution in [2.24, 2.45) is 0 Å². The largest absolute Gasteiger partial charge is 0.462 e. The van der Waals surface area contributed by atoms with Crippen molar-refractivity contribution in [1.82, 2.24) is 0 Å². The maximum Gasteiger partial charge on any atom is 0.306 e. The van der Waals surface area contributed by atoms with Crippen molar-refractivity contribution in [2.45, 2.75) is 354 Å². The molecule has 0 heterocycles. The molecular formula is C61H118O5. The Balaban J connectivity index is 3.39. The van der Waals surface area contributed by atoms with Crippen LogP contribution in [0.5, 0.6) is 0 Å². The molecule has 392 valence electrons. The molecule has 0 saturated carbocycles. The van der Waals surface area contributed by atoms with Crippen LogP contribution in [0, 0.1) is 0 Å². The number of esters is 2. The molecule has 5 heteroatoms. The Morgan fingerprint density at radius 2 is 0.561 bits per heavy atom. The Morgan fingerprint density at radius 3 is 0.818 bits per heavy atom. The molecule has 0 aliphatic rings. The fourth-order valence-corrected chi connectivity index (χ4v) is 9.50. The maximum atomic E-state index is 12.3. The molecule has 0 aliphatic heterocycles. The molecule has 1 N–H and O–H groups in total. The van der Waals surface area contributed by atoms with Crippen LogP contribution in [0.1, 0.15) is 348 Å². The molecular weight excluding hydrogens is 813 g/mol. The number of hydrogen-bond donors (Lipinski definition) is 1. The van der Waals surface area contributed by atoms with Crippen molar-refractivity contribution in [2.75, 3.05) is 13.2 Å². The van der Waals surface area contributed by atoms with Crippen LogP contribution in [0.2, 0.25) is 0 Å². The number of carbonyl (C=O) groups excluding carboxylic acids is 2. The number of unbranched alkanes of at least 4 members (excludes halogenated alkanes) is 47. The van der Waals surface area contributed by atoms with E-state index in [0.29, 0.717) is 12.8 Å². The second-order valence-electron chi connectivity index (χ2n) is 20.8. The van der Waals surface area contributed by atoms with Crippen LogP contribution in [0.25, 0.3) is 0 Å². The number of hydrogen-bond acceptors (Lipinski definition) is 5. The molecule has 0 rings (SSSR count). The highest BCUT2D eigenvalue weighted by atomic mass is 16.6. The molecule has 0 aromatic carbocycles. The second kappa shape index (κ2) is 58.0. The summed E-state index contributed by atoms with van der Waals surface area (Å²) in [7, 11) is 0. The van der Waals surface area contributed by atoms with Gasteiger partial charge in [0.2, 0.25) is 0 Å². The highest BCUT2D eigenvalue weighted by molar-refractivity contribution is 5.70. The van der Waals surface area contributed by atoms with Gasteiger partial charge in [0.05, 0.1) is 6.61 Å². The summed E-state index contributed by atoms with van der Waals surface area (Å²) in [6.45, 7) is 4.20. The molecule has 66 heavy (non-hydrogen) atoms. The molecule has 0 aromatic rings. The molecule has 0 aliphatic carbocycles. The normalized spacial score (nSPS) is 12.1. The Labute approximate surface area is 413 Å². The Kier molecular flexibility index (Phi) is 56.8. The lowest BCUT2D eigenvalue weighted by Crippen LogP contribution is -2.28. The Bertz CT molecular complexity index is 963. The fraction of sp³-hybridized carbons (Fsp3) is 0.934. The lowest BCUT2D eigenvalue weighted by Gasteiger charge is -2.15. The first-order chi connectivity index (χ1) is 32.6. The lowest BCUT2D eigenvalue weighted by molar-refractivity contribution is -0.161. The zero-order valence-electron chi connectivity index (χ0n) is 45.0. The van der Waals surface area contributed by atoms with Gasteiger partial charge in [0.25, 0.3) is 0 Å². The van der Waals surface area contributed by atoms with Crippen molar-refractivity contribution in [3.8, 4) is 0 Å². The number of allylic oxidation sites excluding steroid dienone is 2. The summed E-state index contributed by atoms with van der Waals surface area (Å²) in [5, 5.41) is 9.66. The minimum absolute atomic E-state index is 0.0584. The monoisotopic (exact) mass is 931 g/mol. The molecule has 0 bridgehead atoms. The van der Waals surface area contributed by atoms with Crippen molar-refractivity contribution < 1.29 is 24.2 Å². The Morgan fingerprint density at radius 1 is 0.333 bits per heavy atom. The van der Waals surface area contributed by atoms with Crippen molar-refractivity contribution in [1.29, 1.82) is 0 Å². The minimum Gasteiger partial charge on any atom is -0.462 e. The number of carbonyl (C=O) groups is 2. The first-order valence-corrected chi connectivity index (χ1v) is 30.2. The number of rotatable bonds is 57. The van der Waals surface area contributed by atoms with Crippen LogP contribution in [-0.2, 0) is 19.1 Å². The molecule has 1 unspecified atom stereocenters. The van der Waals surface area contributed by atoms with Gasteiger partial charge in [-0.05, 0) is 38.5 Å². The van der Waals surface area contributed by atoms with E-state index >= 15 is 0 Å². The summed E-state index contributed by atoms with van der Waals surface area (Å²) in [6, 6.07) is 0. The summed E-state index contributed by atoms with van der Waals surface area (Å²) in [4.78, 5) is 24.5. The zero-order chi connectivity index (χ0) is 47.7. The third-order valence-electron chi connectivity index (χ3n) is 14.1. The van der Waals surface area contributed by atoms with Crippen LogP contribution >= 0.6 is 0 Å². The predicted molar refractivity (Wildman–Crippen MR) is 288 cm³/mol. The van der Waals surface area contributed by atoms with Gasteiger partial charge in [-0.1, -0.05) is 309 Å². The quantitative estimate of drug-likeness (QED) is 0.0374. The number of aliphatic hydroxyl groups is 1. The second-order valence-corrected chi connectivity index (χ2v) is 20.8. The van der Waals surface area contributed by atoms with Gasteiger partial charge >= 0.3 is 11.9 Å². The van der Waals surface area contributed by atoms with Crippen molar-refractivity contribution >= 4 is 11.9 Å². The van der Waals surface area contributed by atoms with Crippen molar-refractivity contribution in [3.63, 3.8) is 0 Å². The summed E-state index contributed by atoms with van der Waals surface area (Å²) in [6.07, 6.45) is 72.1. The summed E-state index contributed by atoms with van der Waals surface area (Å²) in [5.41, 5.74) is 0. The smallest absolute Gasteiger partial charge is 0.306 e. The van der Waals surface area contributed by atoms with E-state index < -0.39 is 6.10 Å². The SMILES string of the molecule is CCCCCCCCCC/C=C\CCCCCCCCCCCCCC(=O)OC(CO)COC(=O)CCCCCCCCCCCCCCCCCCCCCCCCCCCCCCC. The van der Waals surface area contributed by atoms with Gasteiger partial charge in [-0.25, -0.2) is 0 Å². The van der Waals surface area contributed by atoms with Gasteiger partial charge in [0.15, 0.2) is 6.10 Å². The highest BCUT2D eigenvalue weighted by Gasteiger charge is 2.16. The first-order valence-electron chi connectivity index (χ1n) is 30.2. The summed E-state index contributed by atoms with van der Waals surface area (Å²) < 4.78 is 10.7. The van der Waals surface area contributed by atoms with Crippen LogP contribution < -0.4 is 0 Å². The average Bonchev–Trinajstić information content (AvgIpc) is 3.32. The van der Waals surface area contributed by atoms with Crippen LogP contribution in [0.3, 0.4) is 0 Å². The standard InChI is InChI=1S/C61H118O5/c1-3-5-7-9-11-13-15-17-19-21-23-25-27-28-29-30-31-32-34-35-37-39-41-43-45-47-49-51-53-55-60(63)65-58-59(57-62)66-61(64)56-54-52-50-48-46-44-42-40-38-36-33-26-24-22-20-18-16-14-12-10-8-6-4-2/h22,24,59,62H,3-21,23,25-58H2,1-2H3/b24-22-. The lowest BCUT2D eigenvalue weighted by atomic mass is 10.0. The van der Waals surface area contributed by atoms with Gasteiger partial charge in [-0.2, -0.15) is 0 Å². The predicted octanol–water partition coefficient (Wildman–Crippen LogP) is 20.3. The van der Waals surface area contributed by atoms with Crippen LogP contribution in [0.15, 0.2) is 12.2 Å². The topological polar surface area (TPSA) is 72.8 Å². The van der Waals surface area contributed by atoms with E-state index in [1.807, 2.05) is 0 Å². The van der Waals surface area contributed by atoms with E-state index in [1.54, 1.807) is 0 Å². The van der Waals surface area contributed by atoms with E-state index in [0.717, 1.165) is 32.1 Å². The molecule has 0 aromatic heterocycles. The first kappa shape index (κ1) is 64.6. The number of ether oxygens (including phenoxy) is 2. The zero-order valence-corrected chi connectivity index (χ0v) is 45.0. The van der Waals surface area contributed by atoms with E-state index in [1.165, 1.54) is 289 Å². The van der Waals surface area contributed by atoms with Gasteiger partial charge < -0.3 is 14.6 Å². The molecule has 5 nitrogen and oxygen atoms in total. The van der Waals surface area contributed by atoms with Crippen LogP contribution in [0.4, 0.5) is 0 Å². The van der Waals surface area contributed by atoms with E-state index in [-0.39, 0.29) is 25.2 Å². The maximum absolute atomic E-state index is 12.3. The molecule has 0 saturated heterocycles. The van der Waals surface area contributed by atoms with Gasteiger partial charge in [0.1, 0.15) is 6.61 Å².